The molecule has 7 nitrogen and oxygen atoms in total. The Kier molecular flexibility index (Phi) is 9.93. The molecule has 2 aromatic heterocycles. The zero-order valence-electron chi connectivity index (χ0n) is 22.2. The molecular formula is C29H33Cl2N5O2S2. The van der Waals surface area contributed by atoms with E-state index < -0.39 is 12.5 Å². The van der Waals surface area contributed by atoms with E-state index in [-0.39, 0.29) is 0 Å². The first-order chi connectivity index (χ1) is 19.4. The lowest BCUT2D eigenvalue weighted by Crippen LogP contribution is -2.21. The average Bonchev–Trinajstić information content (AvgIpc) is 3.58. The lowest BCUT2D eigenvalue weighted by Gasteiger charge is -2.27. The molecule has 0 spiro atoms. The van der Waals surface area contributed by atoms with Gasteiger partial charge in [-0.3, -0.25) is 0 Å². The average molecular weight is 619 g/mol. The standard InChI is InChI=1S/C29H33Cl2N5O2S2/c1-2-23-26(39-28(32-23)33-24(37)15-17-8-3-5-12-21(17)30)19-10-7-11-20(14-19)27-35-36-29(40-27)34-25(38)16-18-9-4-6-13-22(18)31/h3-6,8-9,12-13,19-20,24-25,37-38H,2,7,10-11,14-16H2,1H3,(H,32,33)(H,34,36). The van der Waals surface area contributed by atoms with Gasteiger partial charge in [-0.15, -0.1) is 21.5 Å². The van der Waals surface area contributed by atoms with Crippen molar-refractivity contribution in [3.63, 3.8) is 0 Å². The van der Waals surface area contributed by atoms with Crippen LogP contribution in [0.1, 0.15) is 71.1 Å². The van der Waals surface area contributed by atoms with Gasteiger partial charge >= 0.3 is 0 Å². The van der Waals surface area contributed by atoms with Crippen molar-refractivity contribution >= 4 is 56.1 Å². The predicted octanol–water partition coefficient (Wildman–Crippen LogP) is 7.25. The molecule has 4 N–H and O–H groups in total. The van der Waals surface area contributed by atoms with Crippen LogP contribution in [0.15, 0.2) is 48.5 Å². The van der Waals surface area contributed by atoms with Crippen LogP contribution in [0.5, 0.6) is 0 Å². The van der Waals surface area contributed by atoms with Crippen molar-refractivity contribution in [2.45, 2.75) is 76.2 Å². The molecule has 5 rings (SSSR count). The van der Waals surface area contributed by atoms with E-state index in [4.69, 9.17) is 28.2 Å². The van der Waals surface area contributed by atoms with Crippen molar-refractivity contribution in [3.05, 3.63) is 85.3 Å². The number of hydrogen-bond donors (Lipinski definition) is 4. The van der Waals surface area contributed by atoms with Gasteiger partial charge in [-0.2, -0.15) is 0 Å². The molecule has 40 heavy (non-hydrogen) atoms. The van der Waals surface area contributed by atoms with Crippen LogP contribution in [-0.2, 0) is 19.3 Å². The van der Waals surface area contributed by atoms with E-state index in [1.165, 1.54) is 16.2 Å². The summed E-state index contributed by atoms with van der Waals surface area (Å²) in [5, 5.41) is 39.9. The zero-order valence-corrected chi connectivity index (χ0v) is 25.3. The lowest BCUT2D eigenvalue weighted by molar-refractivity contribution is 0.203. The molecule has 2 aromatic carbocycles. The number of thiazole rings is 1. The summed E-state index contributed by atoms with van der Waals surface area (Å²) in [6.07, 6.45) is 4.30. The fourth-order valence-electron chi connectivity index (χ4n) is 5.24. The highest BCUT2D eigenvalue weighted by molar-refractivity contribution is 7.16. The first kappa shape index (κ1) is 29.2. The highest BCUT2D eigenvalue weighted by Gasteiger charge is 2.30. The van der Waals surface area contributed by atoms with E-state index in [0.717, 1.165) is 59.1 Å². The maximum atomic E-state index is 10.7. The molecule has 0 radical (unpaired) electrons. The minimum Gasteiger partial charge on any atom is -0.373 e. The van der Waals surface area contributed by atoms with Crippen LogP contribution in [0.4, 0.5) is 10.3 Å². The Morgan fingerprint density at radius 2 is 1.45 bits per heavy atom. The normalized spacial score (nSPS) is 18.8. The van der Waals surface area contributed by atoms with Gasteiger partial charge in [-0.1, -0.05) is 84.3 Å². The number of rotatable bonds is 11. The molecule has 0 aliphatic heterocycles. The third-order valence-corrected chi connectivity index (χ3v) is 10.2. The summed E-state index contributed by atoms with van der Waals surface area (Å²) in [4.78, 5) is 6.11. The van der Waals surface area contributed by atoms with Gasteiger partial charge in [0.05, 0.1) is 5.69 Å². The quantitative estimate of drug-likeness (QED) is 0.131. The van der Waals surface area contributed by atoms with Crippen molar-refractivity contribution < 1.29 is 10.2 Å². The number of aliphatic hydroxyl groups is 2. The van der Waals surface area contributed by atoms with E-state index in [1.807, 2.05) is 48.5 Å². The van der Waals surface area contributed by atoms with Gasteiger partial charge < -0.3 is 20.8 Å². The van der Waals surface area contributed by atoms with Crippen LogP contribution in [0.25, 0.3) is 0 Å². The minimum absolute atomic E-state index is 0.307. The van der Waals surface area contributed by atoms with Gasteiger partial charge in [-0.25, -0.2) is 4.98 Å². The Hall–Kier alpha value is -2.27. The SMILES string of the molecule is CCc1nc(NC(O)Cc2ccccc2Cl)sc1C1CCCC(c2nnc(NC(O)Cc3ccccc3Cl)s2)C1. The fraction of sp³-hybridized carbons (Fsp3) is 0.414. The van der Waals surface area contributed by atoms with Crippen LogP contribution in [0.2, 0.25) is 10.0 Å². The van der Waals surface area contributed by atoms with Gasteiger partial charge in [0.15, 0.2) is 5.13 Å². The number of aryl methyl sites for hydroxylation is 1. The van der Waals surface area contributed by atoms with Crippen molar-refractivity contribution in [2.24, 2.45) is 0 Å². The highest BCUT2D eigenvalue weighted by atomic mass is 35.5. The van der Waals surface area contributed by atoms with Crippen molar-refractivity contribution in [1.82, 2.24) is 15.2 Å². The predicted molar refractivity (Wildman–Crippen MR) is 165 cm³/mol. The molecule has 1 aliphatic carbocycles. The van der Waals surface area contributed by atoms with Crippen LogP contribution in [0.3, 0.4) is 0 Å². The Labute approximate surface area is 252 Å². The largest absolute Gasteiger partial charge is 0.373 e. The molecule has 0 saturated heterocycles. The summed E-state index contributed by atoms with van der Waals surface area (Å²) in [7, 11) is 0. The van der Waals surface area contributed by atoms with Gasteiger partial charge in [0.1, 0.15) is 17.5 Å². The first-order valence-electron chi connectivity index (χ1n) is 13.6. The second kappa shape index (κ2) is 13.6. The van der Waals surface area contributed by atoms with Crippen molar-refractivity contribution in [3.8, 4) is 0 Å². The molecular weight excluding hydrogens is 585 g/mol. The Balaban J connectivity index is 1.21. The summed E-state index contributed by atoms with van der Waals surface area (Å²) in [6.45, 7) is 2.12. The second-order valence-corrected chi connectivity index (χ2v) is 13.0. The lowest BCUT2D eigenvalue weighted by atomic mass is 9.80. The number of nitrogens with zero attached hydrogens (tertiary/aromatic N) is 3. The molecule has 11 heteroatoms. The molecule has 4 unspecified atom stereocenters. The zero-order chi connectivity index (χ0) is 28.1. The molecule has 1 aliphatic rings. The summed E-state index contributed by atoms with van der Waals surface area (Å²) in [5.74, 6) is 0.690. The van der Waals surface area contributed by atoms with Crippen LogP contribution in [0, 0.1) is 0 Å². The van der Waals surface area contributed by atoms with E-state index in [9.17, 15) is 10.2 Å². The highest BCUT2D eigenvalue weighted by Crippen LogP contribution is 2.45. The fourth-order valence-corrected chi connectivity index (χ4v) is 7.85. The van der Waals surface area contributed by atoms with E-state index in [1.54, 1.807) is 11.3 Å². The number of hydrogen-bond acceptors (Lipinski definition) is 9. The molecule has 4 atom stereocenters. The maximum absolute atomic E-state index is 10.7. The maximum Gasteiger partial charge on any atom is 0.207 e. The number of anilines is 2. The Bertz CT molecular complexity index is 1410. The van der Waals surface area contributed by atoms with Crippen LogP contribution >= 0.6 is 45.9 Å². The van der Waals surface area contributed by atoms with Crippen LogP contribution < -0.4 is 10.6 Å². The van der Waals surface area contributed by atoms with Gasteiger partial charge in [0.25, 0.3) is 0 Å². The summed E-state index contributed by atoms with van der Waals surface area (Å²) < 4.78 is 0. The Morgan fingerprint density at radius 1 is 0.850 bits per heavy atom. The topological polar surface area (TPSA) is 103 Å². The molecule has 1 fully saturated rings. The Morgan fingerprint density at radius 3 is 2.08 bits per heavy atom. The number of aliphatic hydroxyl groups excluding tert-OH is 2. The van der Waals surface area contributed by atoms with Gasteiger partial charge in [0, 0.05) is 33.7 Å². The molecule has 0 bridgehead atoms. The summed E-state index contributed by atoms with van der Waals surface area (Å²) >= 11 is 15.7. The first-order valence-corrected chi connectivity index (χ1v) is 16.0. The van der Waals surface area contributed by atoms with Gasteiger partial charge in [0.2, 0.25) is 5.13 Å². The van der Waals surface area contributed by atoms with Crippen LogP contribution in [-0.4, -0.2) is 37.9 Å². The van der Waals surface area contributed by atoms with E-state index in [0.29, 0.717) is 39.9 Å². The monoisotopic (exact) mass is 617 g/mol. The number of nitrogens with one attached hydrogen (secondary N) is 2. The number of aromatic nitrogens is 3. The third kappa shape index (κ3) is 7.32. The molecule has 4 aromatic rings. The molecule has 1 saturated carbocycles. The summed E-state index contributed by atoms with van der Waals surface area (Å²) in [6, 6.07) is 15.1. The smallest absolute Gasteiger partial charge is 0.207 e. The minimum atomic E-state index is -0.803. The second-order valence-electron chi connectivity index (χ2n) is 10.1. The van der Waals surface area contributed by atoms with Crippen molar-refractivity contribution in [2.75, 3.05) is 10.6 Å². The van der Waals surface area contributed by atoms with Gasteiger partial charge in [-0.05, 0) is 54.9 Å². The van der Waals surface area contributed by atoms with Crippen molar-refractivity contribution in [1.29, 1.82) is 0 Å². The molecule has 212 valence electrons. The third-order valence-electron chi connectivity index (χ3n) is 7.22. The molecule has 2 heterocycles. The van der Waals surface area contributed by atoms with E-state index in [2.05, 4.69) is 27.8 Å². The number of benzene rings is 2. The number of halogens is 2. The molecule has 0 amide bonds. The summed E-state index contributed by atoms with van der Waals surface area (Å²) in [5.41, 5.74) is 2.87. The van der Waals surface area contributed by atoms with E-state index >= 15 is 0 Å².